The van der Waals surface area contributed by atoms with E-state index < -0.39 is 0 Å². The molecule has 6 heteroatoms. The van der Waals surface area contributed by atoms with Gasteiger partial charge in [-0.2, -0.15) is 5.10 Å². The Bertz CT molecular complexity index is 1130. The molecule has 0 aliphatic heterocycles. The second kappa shape index (κ2) is 6.85. The molecule has 1 N–H and O–H groups in total. The van der Waals surface area contributed by atoms with Crippen LogP contribution in [0.1, 0.15) is 21.6 Å². The highest BCUT2D eigenvalue weighted by atomic mass is 35.5. The molecule has 4 aromatic rings. The molecular formula is C21H17ClN4O. The minimum Gasteiger partial charge on any atom is -0.322 e. The fraction of sp³-hybridized carbons (Fsp3) is 0.0952. The number of halogens is 1. The number of fused-ring (bicyclic) bond motifs is 1. The van der Waals surface area contributed by atoms with Gasteiger partial charge in [0.15, 0.2) is 5.65 Å². The SMILES string of the molecule is Cc1ccc(NC(=O)c2cnc3c(c(C)nn3-c3ccccc3)c2Cl)cc1. The molecule has 4 rings (SSSR count). The number of amides is 1. The molecule has 0 saturated carbocycles. The van der Waals surface area contributed by atoms with Crippen molar-refractivity contribution < 1.29 is 4.79 Å². The molecule has 0 fully saturated rings. The van der Waals surface area contributed by atoms with Crippen molar-refractivity contribution in [2.24, 2.45) is 0 Å². The van der Waals surface area contributed by atoms with E-state index in [1.165, 1.54) is 6.20 Å². The maximum Gasteiger partial charge on any atom is 0.258 e. The lowest BCUT2D eigenvalue weighted by atomic mass is 10.1. The first kappa shape index (κ1) is 17.2. The summed E-state index contributed by atoms with van der Waals surface area (Å²) in [5.74, 6) is -0.301. The molecule has 2 heterocycles. The topological polar surface area (TPSA) is 59.8 Å². The zero-order valence-electron chi connectivity index (χ0n) is 14.9. The van der Waals surface area contributed by atoms with Crippen molar-refractivity contribution >= 4 is 34.2 Å². The summed E-state index contributed by atoms with van der Waals surface area (Å²) in [6.45, 7) is 3.85. The fourth-order valence-corrected chi connectivity index (χ4v) is 3.31. The highest BCUT2D eigenvalue weighted by Gasteiger charge is 2.20. The zero-order chi connectivity index (χ0) is 19.0. The van der Waals surface area contributed by atoms with Gasteiger partial charge in [-0.15, -0.1) is 0 Å². The Balaban J connectivity index is 1.75. The van der Waals surface area contributed by atoms with Crippen molar-refractivity contribution in [3.63, 3.8) is 0 Å². The first-order chi connectivity index (χ1) is 13.0. The van der Waals surface area contributed by atoms with Crippen molar-refractivity contribution in [1.82, 2.24) is 14.8 Å². The predicted octanol–water partition coefficient (Wildman–Crippen LogP) is 4.94. The Kier molecular flexibility index (Phi) is 4.38. The number of nitrogens with one attached hydrogen (secondary N) is 1. The van der Waals surface area contributed by atoms with E-state index in [9.17, 15) is 4.79 Å². The second-order valence-corrected chi connectivity index (χ2v) is 6.72. The predicted molar refractivity (Wildman–Crippen MR) is 108 cm³/mol. The Morgan fingerprint density at radius 1 is 1.04 bits per heavy atom. The average Bonchev–Trinajstić information content (AvgIpc) is 3.02. The van der Waals surface area contributed by atoms with E-state index in [1.807, 2.05) is 68.4 Å². The van der Waals surface area contributed by atoms with Crippen LogP contribution in [0.5, 0.6) is 0 Å². The number of anilines is 1. The van der Waals surface area contributed by atoms with Gasteiger partial charge < -0.3 is 5.32 Å². The van der Waals surface area contributed by atoms with Crippen LogP contribution in [0, 0.1) is 13.8 Å². The quantitative estimate of drug-likeness (QED) is 0.550. The number of aryl methyl sites for hydroxylation is 2. The van der Waals surface area contributed by atoms with E-state index in [4.69, 9.17) is 11.6 Å². The summed E-state index contributed by atoms with van der Waals surface area (Å²) < 4.78 is 1.73. The molecule has 0 spiro atoms. The first-order valence-corrected chi connectivity index (χ1v) is 8.89. The van der Waals surface area contributed by atoms with Gasteiger partial charge in [-0.05, 0) is 38.1 Å². The second-order valence-electron chi connectivity index (χ2n) is 6.34. The minimum absolute atomic E-state index is 0.301. The van der Waals surface area contributed by atoms with Crippen LogP contribution < -0.4 is 5.32 Å². The first-order valence-electron chi connectivity index (χ1n) is 8.52. The third kappa shape index (κ3) is 3.17. The number of hydrogen-bond donors (Lipinski definition) is 1. The van der Waals surface area contributed by atoms with Crippen LogP contribution in [0.3, 0.4) is 0 Å². The number of para-hydroxylation sites is 1. The monoisotopic (exact) mass is 376 g/mol. The van der Waals surface area contributed by atoms with Crippen molar-refractivity contribution in [1.29, 1.82) is 0 Å². The molecular weight excluding hydrogens is 360 g/mol. The Hall–Kier alpha value is -3.18. The molecule has 0 aliphatic carbocycles. The van der Waals surface area contributed by atoms with Gasteiger partial charge in [-0.3, -0.25) is 4.79 Å². The lowest BCUT2D eigenvalue weighted by Gasteiger charge is -2.08. The smallest absolute Gasteiger partial charge is 0.258 e. The summed E-state index contributed by atoms with van der Waals surface area (Å²) in [4.78, 5) is 17.2. The lowest BCUT2D eigenvalue weighted by Crippen LogP contribution is -2.13. The van der Waals surface area contributed by atoms with Crippen LogP contribution in [0.25, 0.3) is 16.7 Å². The summed E-state index contributed by atoms with van der Waals surface area (Å²) >= 11 is 6.58. The van der Waals surface area contributed by atoms with Crippen LogP contribution >= 0.6 is 11.6 Å². The Morgan fingerprint density at radius 2 is 1.74 bits per heavy atom. The molecule has 27 heavy (non-hydrogen) atoms. The average molecular weight is 377 g/mol. The van der Waals surface area contributed by atoms with Gasteiger partial charge in [0.25, 0.3) is 5.91 Å². The van der Waals surface area contributed by atoms with Crippen LogP contribution in [-0.4, -0.2) is 20.7 Å². The number of carbonyl (C=O) groups is 1. The third-order valence-corrected chi connectivity index (χ3v) is 4.76. The normalized spacial score (nSPS) is 10.9. The van der Waals surface area contributed by atoms with Gasteiger partial charge in [-0.1, -0.05) is 47.5 Å². The van der Waals surface area contributed by atoms with E-state index in [2.05, 4.69) is 15.4 Å². The maximum atomic E-state index is 12.7. The van der Waals surface area contributed by atoms with Gasteiger partial charge in [-0.25, -0.2) is 9.67 Å². The van der Waals surface area contributed by atoms with Gasteiger partial charge in [0.05, 0.1) is 27.4 Å². The molecule has 0 radical (unpaired) electrons. The Labute approximate surface area is 161 Å². The summed E-state index contributed by atoms with van der Waals surface area (Å²) in [5, 5.41) is 8.44. The van der Waals surface area contributed by atoms with Gasteiger partial charge in [0, 0.05) is 11.9 Å². The van der Waals surface area contributed by atoms with Crippen molar-refractivity contribution in [2.45, 2.75) is 13.8 Å². The summed E-state index contributed by atoms with van der Waals surface area (Å²) in [7, 11) is 0. The molecule has 5 nitrogen and oxygen atoms in total. The minimum atomic E-state index is -0.301. The molecule has 0 bridgehead atoms. The standard InChI is InChI=1S/C21H17ClN4O/c1-13-8-10-15(11-9-13)24-21(27)17-12-23-20-18(19(17)22)14(2)25-26(20)16-6-4-3-5-7-16/h3-12H,1-2H3,(H,24,27). The molecule has 0 atom stereocenters. The van der Waals surface area contributed by atoms with Gasteiger partial charge in [0.2, 0.25) is 0 Å². The summed E-state index contributed by atoms with van der Waals surface area (Å²) in [6, 6.07) is 17.3. The molecule has 134 valence electrons. The van der Waals surface area contributed by atoms with Crippen LogP contribution in [-0.2, 0) is 0 Å². The van der Waals surface area contributed by atoms with Gasteiger partial charge in [0.1, 0.15) is 0 Å². The number of aromatic nitrogens is 3. The fourth-order valence-electron chi connectivity index (χ4n) is 2.95. The van der Waals surface area contributed by atoms with E-state index in [0.717, 1.165) is 16.9 Å². The highest BCUT2D eigenvalue weighted by Crippen LogP contribution is 2.30. The summed E-state index contributed by atoms with van der Waals surface area (Å²) in [5.41, 5.74) is 4.37. The van der Waals surface area contributed by atoms with Gasteiger partial charge >= 0.3 is 0 Å². The van der Waals surface area contributed by atoms with E-state index in [1.54, 1.807) is 4.68 Å². The number of carbonyl (C=O) groups excluding carboxylic acids is 1. The summed E-state index contributed by atoms with van der Waals surface area (Å²) in [6.07, 6.45) is 1.49. The molecule has 1 amide bonds. The molecule has 0 unspecified atom stereocenters. The van der Waals surface area contributed by atoms with E-state index in [-0.39, 0.29) is 5.91 Å². The van der Waals surface area contributed by atoms with E-state index in [0.29, 0.717) is 27.3 Å². The van der Waals surface area contributed by atoms with E-state index >= 15 is 0 Å². The number of pyridine rings is 1. The molecule has 0 saturated heterocycles. The van der Waals surface area contributed by atoms with Crippen molar-refractivity contribution in [3.05, 3.63) is 82.6 Å². The molecule has 2 aromatic heterocycles. The highest BCUT2D eigenvalue weighted by molar-refractivity contribution is 6.39. The maximum absolute atomic E-state index is 12.7. The van der Waals surface area contributed by atoms with Crippen molar-refractivity contribution in [3.8, 4) is 5.69 Å². The Morgan fingerprint density at radius 3 is 2.44 bits per heavy atom. The number of nitrogens with zero attached hydrogens (tertiary/aromatic N) is 3. The number of hydrogen-bond acceptors (Lipinski definition) is 3. The lowest BCUT2D eigenvalue weighted by molar-refractivity contribution is 0.102. The number of rotatable bonds is 3. The van der Waals surface area contributed by atoms with Crippen LogP contribution in [0.15, 0.2) is 60.8 Å². The van der Waals surface area contributed by atoms with Crippen LogP contribution in [0.4, 0.5) is 5.69 Å². The van der Waals surface area contributed by atoms with Crippen LogP contribution in [0.2, 0.25) is 5.02 Å². The molecule has 0 aliphatic rings. The third-order valence-electron chi connectivity index (χ3n) is 4.36. The molecule has 2 aromatic carbocycles. The zero-order valence-corrected chi connectivity index (χ0v) is 15.7. The van der Waals surface area contributed by atoms with Crippen molar-refractivity contribution in [2.75, 3.05) is 5.32 Å². The number of benzene rings is 2. The largest absolute Gasteiger partial charge is 0.322 e.